The molecule has 0 bridgehead atoms. The monoisotopic (exact) mass is 226 g/mol. The Morgan fingerprint density at radius 1 is 1.40 bits per heavy atom. The van der Waals surface area contributed by atoms with E-state index >= 15 is 0 Å². The number of nitrogens with zero attached hydrogens (tertiary/aromatic N) is 1. The normalized spacial score (nSPS) is 21.5. The van der Waals surface area contributed by atoms with Crippen LogP contribution in [0.4, 0.5) is 13.2 Å². The number of nitrogens with one attached hydrogen (secondary N) is 1. The van der Waals surface area contributed by atoms with Crippen molar-refractivity contribution in [1.82, 2.24) is 10.4 Å². The number of hydrogen-bond acceptors (Lipinski definition) is 3. The molecule has 0 aromatic rings. The first-order chi connectivity index (χ1) is 6.99. The fourth-order valence-corrected chi connectivity index (χ4v) is 1.53. The smallest absolute Gasteiger partial charge is 0.298 e. The van der Waals surface area contributed by atoms with Crippen molar-refractivity contribution in [3.05, 3.63) is 0 Å². The number of halogens is 3. The summed E-state index contributed by atoms with van der Waals surface area (Å²) in [7, 11) is 3.77. The summed E-state index contributed by atoms with van der Waals surface area (Å²) in [5, 5.41) is 1.90. The summed E-state index contributed by atoms with van der Waals surface area (Å²) in [6, 6.07) is 0.119. The SMILES string of the molecule is CNN(C)C1CCCCC1=O.FC(F)F. The molecule has 90 valence electrons. The lowest BCUT2D eigenvalue weighted by Gasteiger charge is -2.28. The van der Waals surface area contributed by atoms with E-state index in [9.17, 15) is 18.0 Å². The van der Waals surface area contributed by atoms with Crippen LogP contribution in [-0.2, 0) is 4.79 Å². The molecule has 6 heteroatoms. The van der Waals surface area contributed by atoms with Crippen molar-refractivity contribution in [1.29, 1.82) is 0 Å². The maximum Gasteiger partial charge on any atom is 0.379 e. The number of alkyl halides is 3. The average Bonchev–Trinajstić information content (AvgIpc) is 2.16. The van der Waals surface area contributed by atoms with Crippen LogP contribution < -0.4 is 5.43 Å². The number of likely N-dealkylation sites (N-methyl/N-ethyl adjacent to an activating group) is 1. The fourth-order valence-electron chi connectivity index (χ4n) is 1.53. The molecule has 15 heavy (non-hydrogen) atoms. The van der Waals surface area contributed by atoms with Gasteiger partial charge in [0.05, 0.1) is 6.04 Å². The van der Waals surface area contributed by atoms with E-state index in [2.05, 4.69) is 5.43 Å². The molecule has 1 aliphatic rings. The van der Waals surface area contributed by atoms with E-state index in [1.807, 2.05) is 19.1 Å². The van der Waals surface area contributed by atoms with E-state index in [0.29, 0.717) is 5.78 Å². The molecule has 0 radical (unpaired) electrons. The predicted octanol–water partition coefficient (Wildman–Crippen LogP) is 1.74. The second-order valence-electron chi connectivity index (χ2n) is 3.31. The molecule has 1 saturated carbocycles. The Morgan fingerprint density at radius 2 is 1.93 bits per heavy atom. The highest BCUT2D eigenvalue weighted by molar-refractivity contribution is 5.84. The minimum atomic E-state index is -3.67. The van der Waals surface area contributed by atoms with Crippen LogP contribution in [0.15, 0.2) is 0 Å². The molecule has 0 amide bonds. The summed E-state index contributed by atoms with van der Waals surface area (Å²) in [6.07, 6.45) is 4.03. The second kappa shape index (κ2) is 7.64. The number of carbonyl (C=O) groups excluding carboxylic acids is 1. The molecule has 0 spiro atoms. The maximum absolute atomic E-state index is 11.3. The molecule has 0 saturated heterocycles. The molecule has 1 aliphatic carbocycles. The lowest BCUT2D eigenvalue weighted by Crippen LogP contribution is -2.46. The van der Waals surface area contributed by atoms with Gasteiger partial charge in [-0.15, -0.1) is 0 Å². The van der Waals surface area contributed by atoms with Crippen molar-refractivity contribution in [3.63, 3.8) is 0 Å². The number of ketones is 1. The quantitative estimate of drug-likeness (QED) is 0.728. The van der Waals surface area contributed by atoms with Crippen LogP contribution in [0.25, 0.3) is 0 Å². The molecule has 1 rings (SSSR count). The van der Waals surface area contributed by atoms with Gasteiger partial charge in [-0.1, -0.05) is 6.42 Å². The summed E-state index contributed by atoms with van der Waals surface area (Å²) in [5.74, 6) is 0.383. The number of rotatable bonds is 2. The Kier molecular flexibility index (Phi) is 7.33. The molecule has 1 atom stereocenters. The van der Waals surface area contributed by atoms with Gasteiger partial charge >= 0.3 is 6.68 Å². The Hall–Kier alpha value is -0.620. The third-order valence-corrected chi connectivity index (χ3v) is 2.34. The van der Waals surface area contributed by atoms with Gasteiger partial charge in [-0.3, -0.25) is 10.2 Å². The van der Waals surface area contributed by atoms with Crippen molar-refractivity contribution in [3.8, 4) is 0 Å². The number of carbonyl (C=O) groups is 1. The molecule has 3 nitrogen and oxygen atoms in total. The van der Waals surface area contributed by atoms with Crippen LogP contribution >= 0.6 is 0 Å². The van der Waals surface area contributed by atoms with E-state index in [1.165, 1.54) is 6.42 Å². The third kappa shape index (κ3) is 6.46. The maximum atomic E-state index is 11.3. The van der Waals surface area contributed by atoms with E-state index in [4.69, 9.17) is 0 Å². The summed E-state index contributed by atoms with van der Waals surface area (Å²) in [5.41, 5.74) is 2.98. The van der Waals surface area contributed by atoms with Crippen molar-refractivity contribution in [2.75, 3.05) is 14.1 Å². The van der Waals surface area contributed by atoms with Crippen molar-refractivity contribution in [2.24, 2.45) is 0 Å². The summed E-state index contributed by atoms with van der Waals surface area (Å²) in [4.78, 5) is 11.3. The molecule has 1 fully saturated rings. The molecule has 1 unspecified atom stereocenters. The number of Topliss-reactive ketones (excluding diaryl/α,β-unsaturated/α-hetero) is 1. The van der Waals surface area contributed by atoms with Gasteiger partial charge in [0.2, 0.25) is 0 Å². The zero-order valence-corrected chi connectivity index (χ0v) is 8.97. The Balaban J connectivity index is 0.000000423. The minimum Gasteiger partial charge on any atom is -0.298 e. The summed E-state index contributed by atoms with van der Waals surface area (Å²) >= 11 is 0. The molecular weight excluding hydrogens is 209 g/mol. The Bertz CT molecular complexity index is 187. The average molecular weight is 226 g/mol. The largest absolute Gasteiger partial charge is 0.379 e. The first kappa shape index (κ1) is 14.4. The van der Waals surface area contributed by atoms with Crippen LogP contribution in [0.2, 0.25) is 0 Å². The lowest BCUT2D eigenvalue weighted by atomic mass is 9.94. The van der Waals surface area contributed by atoms with Crippen molar-refractivity contribution < 1.29 is 18.0 Å². The van der Waals surface area contributed by atoms with E-state index in [-0.39, 0.29) is 6.04 Å². The molecule has 1 N–H and O–H groups in total. The standard InChI is InChI=1S/C8H16N2O.CHF3/c1-9-10(2)7-5-3-4-6-8(7)11;2-1(3)4/h7,9H,3-6H2,1-2H3;1H. The molecular formula is C9H17F3N2O. The van der Waals surface area contributed by atoms with Crippen molar-refractivity contribution in [2.45, 2.75) is 38.4 Å². The second-order valence-corrected chi connectivity index (χ2v) is 3.31. The van der Waals surface area contributed by atoms with Crippen LogP contribution in [0, 0.1) is 0 Å². The van der Waals surface area contributed by atoms with Gasteiger partial charge in [-0.05, 0) is 19.9 Å². The van der Waals surface area contributed by atoms with Crippen LogP contribution in [0.5, 0.6) is 0 Å². The lowest BCUT2D eigenvalue weighted by molar-refractivity contribution is -0.126. The zero-order chi connectivity index (χ0) is 11.8. The van der Waals surface area contributed by atoms with Crippen LogP contribution in [-0.4, -0.2) is 37.6 Å². The van der Waals surface area contributed by atoms with Gasteiger partial charge < -0.3 is 0 Å². The first-order valence-electron chi connectivity index (χ1n) is 4.84. The summed E-state index contributed by atoms with van der Waals surface area (Å²) < 4.78 is 29.0. The van der Waals surface area contributed by atoms with Crippen LogP contribution in [0.3, 0.4) is 0 Å². The highest BCUT2D eigenvalue weighted by Crippen LogP contribution is 2.17. The Labute approximate surface area is 87.6 Å². The van der Waals surface area contributed by atoms with Gasteiger partial charge in [-0.2, -0.15) is 13.2 Å². The Morgan fingerprint density at radius 3 is 2.33 bits per heavy atom. The van der Waals surface area contributed by atoms with Gasteiger partial charge in [0.15, 0.2) is 5.78 Å². The van der Waals surface area contributed by atoms with Gasteiger partial charge in [0.1, 0.15) is 0 Å². The van der Waals surface area contributed by atoms with Gasteiger partial charge in [0, 0.05) is 13.5 Å². The predicted molar refractivity (Wildman–Crippen MR) is 51.2 cm³/mol. The number of hydrogen-bond donors (Lipinski definition) is 1. The van der Waals surface area contributed by atoms with Gasteiger partial charge in [-0.25, -0.2) is 5.01 Å². The zero-order valence-electron chi connectivity index (χ0n) is 8.97. The minimum absolute atomic E-state index is 0.119. The van der Waals surface area contributed by atoms with Crippen LogP contribution in [0.1, 0.15) is 25.7 Å². The molecule has 0 aromatic heterocycles. The molecule has 0 aromatic carbocycles. The fraction of sp³-hybridized carbons (Fsp3) is 0.889. The summed E-state index contributed by atoms with van der Waals surface area (Å²) in [6.45, 7) is -3.67. The first-order valence-corrected chi connectivity index (χ1v) is 4.84. The van der Waals surface area contributed by atoms with E-state index in [0.717, 1.165) is 19.3 Å². The van der Waals surface area contributed by atoms with E-state index in [1.54, 1.807) is 0 Å². The van der Waals surface area contributed by atoms with E-state index < -0.39 is 6.68 Å². The third-order valence-electron chi connectivity index (χ3n) is 2.34. The molecule has 0 heterocycles. The number of hydrazine groups is 1. The topological polar surface area (TPSA) is 32.3 Å². The van der Waals surface area contributed by atoms with Gasteiger partial charge in [0.25, 0.3) is 0 Å². The molecule has 0 aliphatic heterocycles. The van der Waals surface area contributed by atoms with Crippen molar-refractivity contribution >= 4 is 5.78 Å². The highest BCUT2D eigenvalue weighted by atomic mass is 19.4. The highest BCUT2D eigenvalue weighted by Gasteiger charge is 2.24.